The summed E-state index contributed by atoms with van der Waals surface area (Å²) in [5.74, 6) is 1.61. The van der Waals surface area contributed by atoms with E-state index in [0.29, 0.717) is 36.0 Å². The number of nitrogens with one attached hydrogen (secondary N) is 1. The summed E-state index contributed by atoms with van der Waals surface area (Å²) in [5.41, 5.74) is 1.59. The van der Waals surface area contributed by atoms with Gasteiger partial charge in [-0.05, 0) is 29.8 Å². The highest BCUT2D eigenvalue weighted by atomic mass is 16.5. The molecule has 142 valence electrons. The minimum absolute atomic E-state index is 0.00965. The van der Waals surface area contributed by atoms with E-state index in [9.17, 15) is 9.59 Å². The first kappa shape index (κ1) is 18.6. The molecule has 0 fully saturated rings. The Hall–Kier alpha value is -3.22. The third-order valence-electron chi connectivity index (χ3n) is 4.31. The number of nitrogens with zero attached hydrogens (tertiary/aromatic N) is 1. The van der Waals surface area contributed by atoms with Crippen molar-refractivity contribution in [1.82, 2.24) is 5.32 Å². The van der Waals surface area contributed by atoms with Gasteiger partial charge in [-0.3, -0.25) is 9.59 Å². The van der Waals surface area contributed by atoms with Gasteiger partial charge in [0.05, 0.1) is 19.9 Å². The fourth-order valence-corrected chi connectivity index (χ4v) is 2.89. The molecule has 0 bridgehead atoms. The molecule has 1 heterocycles. The molecule has 0 unspecified atom stereocenters. The van der Waals surface area contributed by atoms with Gasteiger partial charge >= 0.3 is 0 Å². The van der Waals surface area contributed by atoms with E-state index in [0.717, 1.165) is 5.56 Å². The summed E-state index contributed by atoms with van der Waals surface area (Å²) < 4.78 is 15.9. The van der Waals surface area contributed by atoms with Crippen LogP contribution in [0.3, 0.4) is 0 Å². The molecule has 1 N–H and O–H groups in total. The summed E-state index contributed by atoms with van der Waals surface area (Å²) in [7, 11) is 3.14. The zero-order valence-corrected chi connectivity index (χ0v) is 15.4. The predicted molar refractivity (Wildman–Crippen MR) is 100 cm³/mol. The first-order valence-corrected chi connectivity index (χ1v) is 8.62. The van der Waals surface area contributed by atoms with Crippen molar-refractivity contribution < 1.29 is 23.8 Å². The first-order chi connectivity index (χ1) is 13.1. The van der Waals surface area contributed by atoms with Crippen LogP contribution in [-0.2, 0) is 16.1 Å². The summed E-state index contributed by atoms with van der Waals surface area (Å²) in [6.07, 6.45) is 0.202. The molecule has 0 saturated carbocycles. The van der Waals surface area contributed by atoms with Crippen molar-refractivity contribution in [2.45, 2.75) is 13.0 Å². The summed E-state index contributed by atoms with van der Waals surface area (Å²) >= 11 is 0. The molecule has 0 radical (unpaired) electrons. The van der Waals surface area contributed by atoms with Crippen molar-refractivity contribution in [3.05, 3.63) is 48.0 Å². The number of anilines is 1. The quantitative estimate of drug-likeness (QED) is 0.808. The predicted octanol–water partition coefficient (Wildman–Crippen LogP) is 2.14. The van der Waals surface area contributed by atoms with Crippen LogP contribution < -0.4 is 24.4 Å². The van der Waals surface area contributed by atoms with E-state index < -0.39 is 0 Å². The fraction of sp³-hybridized carbons (Fsp3) is 0.300. The number of fused-ring (bicyclic) bond motifs is 1. The summed E-state index contributed by atoms with van der Waals surface area (Å²) in [6, 6.07) is 12.8. The molecule has 7 nitrogen and oxygen atoms in total. The largest absolute Gasteiger partial charge is 0.493 e. The minimum atomic E-state index is -0.151. The summed E-state index contributed by atoms with van der Waals surface area (Å²) in [4.78, 5) is 25.9. The maximum Gasteiger partial charge on any atom is 0.265 e. The van der Waals surface area contributed by atoms with Crippen molar-refractivity contribution in [3.8, 4) is 17.2 Å². The zero-order chi connectivity index (χ0) is 19.2. The van der Waals surface area contributed by atoms with Crippen molar-refractivity contribution in [2.24, 2.45) is 0 Å². The van der Waals surface area contributed by atoms with Crippen molar-refractivity contribution >= 4 is 17.5 Å². The lowest BCUT2D eigenvalue weighted by Crippen LogP contribution is -2.41. The van der Waals surface area contributed by atoms with Crippen LogP contribution in [0.4, 0.5) is 5.69 Å². The van der Waals surface area contributed by atoms with Gasteiger partial charge in [0.15, 0.2) is 18.1 Å². The number of benzene rings is 2. The number of hydrogen-bond donors (Lipinski definition) is 1. The minimum Gasteiger partial charge on any atom is -0.493 e. The van der Waals surface area contributed by atoms with Gasteiger partial charge in [0.25, 0.3) is 5.91 Å². The second kappa shape index (κ2) is 8.44. The normalized spacial score (nSPS) is 12.8. The Morgan fingerprint density at radius 2 is 1.93 bits per heavy atom. The van der Waals surface area contributed by atoms with Crippen LogP contribution in [0.2, 0.25) is 0 Å². The van der Waals surface area contributed by atoms with Gasteiger partial charge in [-0.25, -0.2) is 0 Å². The smallest absolute Gasteiger partial charge is 0.265 e. The maximum atomic E-state index is 12.2. The van der Waals surface area contributed by atoms with E-state index in [1.54, 1.807) is 25.2 Å². The number of hydrogen-bond acceptors (Lipinski definition) is 5. The molecule has 0 saturated heterocycles. The number of para-hydroxylation sites is 2. The molecule has 27 heavy (non-hydrogen) atoms. The standard InChI is InChI=1S/C20H22N2O5/c1-25-17-8-7-14(11-18(17)26-2)12-21-19(23)9-10-22-15-5-3-4-6-16(15)27-13-20(22)24/h3-8,11H,9-10,12-13H2,1-2H3,(H,21,23). The van der Waals surface area contributed by atoms with E-state index in [-0.39, 0.29) is 24.8 Å². The second-order valence-electron chi connectivity index (χ2n) is 6.02. The number of methoxy groups -OCH3 is 2. The molecule has 0 spiro atoms. The van der Waals surface area contributed by atoms with Crippen LogP contribution in [0.5, 0.6) is 17.2 Å². The molecule has 3 rings (SSSR count). The van der Waals surface area contributed by atoms with Gasteiger partial charge in [-0.2, -0.15) is 0 Å². The van der Waals surface area contributed by atoms with Gasteiger partial charge in [0, 0.05) is 19.5 Å². The van der Waals surface area contributed by atoms with Gasteiger partial charge < -0.3 is 24.4 Å². The highest BCUT2D eigenvalue weighted by Gasteiger charge is 2.25. The fourth-order valence-electron chi connectivity index (χ4n) is 2.89. The maximum absolute atomic E-state index is 12.2. The first-order valence-electron chi connectivity index (χ1n) is 8.62. The Balaban J connectivity index is 1.55. The van der Waals surface area contributed by atoms with Crippen LogP contribution in [0.15, 0.2) is 42.5 Å². The molecule has 0 aromatic heterocycles. The number of ether oxygens (including phenoxy) is 3. The summed E-state index contributed by atoms with van der Waals surface area (Å²) in [6.45, 7) is 0.661. The van der Waals surface area contributed by atoms with Crippen molar-refractivity contribution in [1.29, 1.82) is 0 Å². The van der Waals surface area contributed by atoms with Gasteiger partial charge in [0.2, 0.25) is 5.91 Å². The Morgan fingerprint density at radius 3 is 2.70 bits per heavy atom. The molecule has 1 aliphatic heterocycles. The highest BCUT2D eigenvalue weighted by Crippen LogP contribution is 2.31. The average molecular weight is 370 g/mol. The van der Waals surface area contributed by atoms with E-state index in [1.165, 1.54) is 0 Å². The van der Waals surface area contributed by atoms with E-state index in [1.807, 2.05) is 36.4 Å². The van der Waals surface area contributed by atoms with Crippen LogP contribution in [0, 0.1) is 0 Å². The molecule has 1 aliphatic rings. The second-order valence-corrected chi connectivity index (χ2v) is 6.02. The number of amides is 2. The third kappa shape index (κ3) is 4.31. The average Bonchev–Trinajstić information content (AvgIpc) is 2.71. The molecule has 7 heteroatoms. The molecule has 0 atom stereocenters. The summed E-state index contributed by atoms with van der Waals surface area (Å²) in [5, 5.41) is 2.86. The Labute approximate surface area is 157 Å². The Bertz CT molecular complexity index is 837. The monoisotopic (exact) mass is 370 g/mol. The number of carbonyl (C=O) groups is 2. The SMILES string of the molecule is COc1ccc(CNC(=O)CCN2C(=O)COc3ccccc32)cc1OC. The van der Waals surface area contributed by atoms with Crippen LogP contribution >= 0.6 is 0 Å². The third-order valence-corrected chi connectivity index (χ3v) is 4.31. The number of rotatable bonds is 7. The Morgan fingerprint density at radius 1 is 1.15 bits per heavy atom. The molecular formula is C20H22N2O5. The lowest BCUT2D eigenvalue weighted by Gasteiger charge is -2.29. The van der Waals surface area contributed by atoms with Gasteiger partial charge in [0.1, 0.15) is 5.75 Å². The molecule has 2 aromatic rings. The molecule has 2 amide bonds. The molecular weight excluding hydrogens is 348 g/mol. The lowest BCUT2D eigenvalue weighted by molar-refractivity contribution is -0.122. The lowest BCUT2D eigenvalue weighted by atomic mass is 10.2. The van der Waals surface area contributed by atoms with E-state index in [2.05, 4.69) is 5.32 Å². The van der Waals surface area contributed by atoms with Gasteiger partial charge in [-0.15, -0.1) is 0 Å². The van der Waals surface area contributed by atoms with Crippen LogP contribution in [-0.4, -0.2) is 39.2 Å². The number of carbonyl (C=O) groups excluding carboxylic acids is 2. The van der Waals surface area contributed by atoms with E-state index in [4.69, 9.17) is 14.2 Å². The highest BCUT2D eigenvalue weighted by molar-refractivity contribution is 5.98. The molecule has 0 aliphatic carbocycles. The topological polar surface area (TPSA) is 77.1 Å². The van der Waals surface area contributed by atoms with Crippen molar-refractivity contribution in [3.63, 3.8) is 0 Å². The van der Waals surface area contributed by atoms with Gasteiger partial charge in [-0.1, -0.05) is 18.2 Å². The van der Waals surface area contributed by atoms with Crippen LogP contribution in [0.1, 0.15) is 12.0 Å². The Kier molecular flexibility index (Phi) is 5.80. The van der Waals surface area contributed by atoms with E-state index >= 15 is 0 Å². The van der Waals surface area contributed by atoms with Crippen LogP contribution in [0.25, 0.3) is 0 Å². The molecule has 2 aromatic carbocycles. The van der Waals surface area contributed by atoms with Crippen molar-refractivity contribution in [2.75, 3.05) is 32.3 Å². The zero-order valence-electron chi connectivity index (χ0n) is 15.4.